The van der Waals surface area contributed by atoms with Crippen molar-refractivity contribution in [2.75, 3.05) is 18.2 Å². The van der Waals surface area contributed by atoms with Crippen molar-refractivity contribution < 1.29 is 9.53 Å². The molecule has 0 aliphatic rings. The Labute approximate surface area is 191 Å². The van der Waals surface area contributed by atoms with Gasteiger partial charge in [-0.3, -0.25) is 4.79 Å². The fourth-order valence-electron chi connectivity index (χ4n) is 2.89. The number of aromatic nitrogens is 1. The number of carbonyl (C=O) groups excluding carboxylic acids is 1. The number of nitrogens with two attached hydrogens (primary N) is 1. The minimum Gasteiger partial charge on any atom is -0.497 e. The van der Waals surface area contributed by atoms with E-state index < -0.39 is 5.91 Å². The third kappa shape index (κ3) is 3.91. The van der Waals surface area contributed by atoms with Crippen molar-refractivity contribution in [3.8, 4) is 17.0 Å². The van der Waals surface area contributed by atoms with Gasteiger partial charge in [0.2, 0.25) is 0 Å². The van der Waals surface area contributed by atoms with Crippen molar-refractivity contribution in [1.82, 2.24) is 4.98 Å². The standard InChI is InChI=1S/C21H14Cl3N3O2S/c1-29-11-4-2-10(3-5-11)16-7-6-12-18(25)19(30-21(12)27-16)20(28)26-17-9-14(23)13(22)8-15(17)24/h2-9H,25H2,1H3,(H,26,28). The van der Waals surface area contributed by atoms with E-state index in [1.54, 1.807) is 7.11 Å². The third-order valence-corrected chi connectivity index (χ3v) is 6.59. The number of methoxy groups -OCH3 is 1. The summed E-state index contributed by atoms with van der Waals surface area (Å²) in [4.78, 5) is 18.5. The highest BCUT2D eigenvalue weighted by molar-refractivity contribution is 7.21. The van der Waals surface area contributed by atoms with Crippen LogP contribution in [-0.2, 0) is 0 Å². The zero-order chi connectivity index (χ0) is 21.4. The molecule has 1 amide bonds. The summed E-state index contributed by atoms with van der Waals surface area (Å²) < 4.78 is 5.19. The molecule has 3 N–H and O–H groups in total. The van der Waals surface area contributed by atoms with Crippen molar-refractivity contribution in [3.05, 3.63) is 68.5 Å². The van der Waals surface area contributed by atoms with Crippen LogP contribution in [0.15, 0.2) is 48.5 Å². The molecule has 0 saturated carbocycles. The van der Waals surface area contributed by atoms with E-state index in [-0.39, 0.29) is 10.0 Å². The van der Waals surface area contributed by atoms with Gasteiger partial charge in [0, 0.05) is 10.9 Å². The molecule has 0 aliphatic heterocycles. The van der Waals surface area contributed by atoms with Crippen LogP contribution in [0.25, 0.3) is 21.5 Å². The van der Waals surface area contributed by atoms with Gasteiger partial charge in [-0.25, -0.2) is 4.98 Å². The molecule has 0 radical (unpaired) electrons. The minimum absolute atomic E-state index is 0.275. The minimum atomic E-state index is -0.401. The van der Waals surface area contributed by atoms with Crippen molar-refractivity contribution in [1.29, 1.82) is 0 Å². The fraction of sp³-hybridized carbons (Fsp3) is 0.0476. The first-order valence-corrected chi connectivity index (χ1v) is 10.6. The molecule has 0 unspecified atom stereocenters. The first-order valence-electron chi connectivity index (χ1n) is 8.66. The number of nitrogens with one attached hydrogen (secondary N) is 1. The van der Waals surface area contributed by atoms with E-state index in [9.17, 15) is 4.79 Å². The van der Waals surface area contributed by atoms with Crippen LogP contribution in [0.2, 0.25) is 15.1 Å². The number of nitrogens with zero attached hydrogens (tertiary/aromatic N) is 1. The Bertz CT molecular complexity index is 1270. The maximum absolute atomic E-state index is 12.8. The lowest BCUT2D eigenvalue weighted by Gasteiger charge is -2.08. The molecule has 0 atom stereocenters. The van der Waals surface area contributed by atoms with E-state index in [2.05, 4.69) is 10.3 Å². The quantitative estimate of drug-likeness (QED) is 0.317. The van der Waals surface area contributed by atoms with Gasteiger partial charge in [0.15, 0.2) is 0 Å². The predicted molar refractivity (Wildman–Crippen MR) is 125 cm³/mol. The van der Waals surface area contributed by atoms with Crippen molar-refractivity contribution in [2.24, 2.45) is 0 Å². The number of amides is 1. The molecular formula is C21H14Cl3N3O2S. The van der Waals surface area contributed by atoms with E-state index in [1.807, 2.05) is 36.4 Å². The number of halogens is 3. The van der Waals surface area contributed by atoms with E-state index >= 15 is 0 Å². The number of fused-ring (bicyclic) bond motifs is 1. The lowest BCUT2D eigenvalue weighted by Crippen LogP contribution is -2.12. The molecular weight excluding hydrogens is 465 g/mol. The van der Waals surface area contributed by atoms with Crippen LogP contribution in [0.3, 0.4) is 0 Å². The Morgan fingerprint density at radius 3 is 2.43 bits per heavy atom. The van der Waals surface area contributed by atoms with Gasteiger partial charge < -0.3 is 15.8 Å². The maximum atomic E-state index is 12.8. The summed E-state index contributed by atoms with van der Waals surface area (Å²) in [5.74, 6) is 0.363. The zero-order valence-corrected chi connectivity index (χ0v) is 18.6. The molecule has 30 heavy (non-hydrogen) atoms. The van der Waals surface area contributed by atoms with Gasteiger partial charge in [-0.15, -0.1) is 11.3 Å². The maximum Gasteiger partial charge on any atom is 0.267 e. The summed E-state index contributed by atoms with van der Waals surface area (Å²) >= 11 is 19.3. The Morgan fingerprint density at radius 2 is 1.73 bits per heavy atom. The Balaban J connectivity index is 1.67. The fourth-order valence-corrected chi connectivity index (χ4v) is 4.47. The van der Waals surface area contributed by atoms with Crippen LogP contribution >= 0.6 is 46.1 Å². The number of ether oxygens (including phenoxy) is 1. The molecule has 152 valence electrons. The largest absolute Gasteiger partial charge is 0.497 e. The second kappa shape index (κ2) is 8.32. The van der Waals surface area contributed by atoms with Crippen molar-refractivity contribution in [2.45, 2.75) is 0 Å². The number of hydrogen-bond acceptors (Lipinski definition) is 5. The van der Waals surface area contributed by atoms with Gasteiger partial charge in [-0.05, 0) is 48.5 Å². The number of nitrogen functional groups attached to an aromatic ring is 1. The third-order valence-electron chi connectivity index (χ3n) is 4.44. The summed E-state index contributed by atoms with van der Waals surface area (Å²) in [6.45, 7) is 0. The average molecular weight is 479 g/mol. The lowest BCUT2D eigenvalue weighted by molar-refractivity contribution is 0.103. The average Bonchev–Trinajstić information content (AvgIpc) is 3.08. The first-order chi connectivity index (χ1) is 14.4. The van der Waals surface area contributed by atoms with Gasteiger partial charge in [0.1, 0.15) is 15.5 Å². The normalized spacial score (nSPS) is 10.9. The Morgan fingerprint density at radius 1 is 1.03 bits per heavy atom. The molecule has 0 aliphatic carbocycles. The molecule has 9 heteroatoms. The van der Waals surface area contributed by atoms with Crippen molar-refractivity contribution >= 4 is 73.6 Å². The van der Waals surface area contributed by atoms with E-state index in [1.165, 1.54) is 23.5 Å². The van der Waals surface area contributed by atoms with Gasteiger partial charge in [-0.1, -0.05) is 34.8 Å². The molecule has 5 nitrogen and oxygen atoms in total. The van der Waals surface area contributed by atoms with Crippen LogP contribution in [0.4, 0.5) is 11.4 Å². The molecule has 2 aromatic carbocycles. The number of benzene rings is 2. The monoisotopic (exact) mass is 477 g/mol. The van der Waals surface area contributed by atoms with Crippen LogP contribution in [0, 0.1) is 0 Å². The second-order valence-electron chi connectivity index (χ2n) is 6.32. The van der Waals surface area contributed by atoms with Gasteiger partial charge in [-0.2, -0.15) is 0 Å². The van der Waals surface area contributed by atoms with Gasteiger partial charge in [0.05, 0.1) is 39.2 Å². The molecule has 0 spiro atoms. The zero-order valence-electron chi connectivity index (χ0n) is 15.5. The molecule has 0 bridgehead atoms. The molecule has 0 fully saturated rings. The molecule has 2 aromatic heterocycles. The topological polar surface area (TPSA) is 77.2 Å². The van der Waals surface area contributed by atoms with Gasteiger partial charge in [0.25, 0.3) is 5.91 Å². The van der Waals surface area contributed by atoms with E-state index in [0.29, 0.717) is 31.5 Å². The SMILES string of the molecule is COc1ccc(-c2ccc3c(N)c(C(=O)Nc4cc(Cl)c(Cl)cc4Cl)sc3n2)cc1. The van der Waals surface area contributed by atoms with Crippen LogP contribution in [0.1, 0.15) is 9.67 Å². The smallest absolute Gasteiger partial charge is 0.267 e. The number of pyridine rings is 1. The van der Waals surface area contributed by atoms with Crippen LogP contribution in [0.5, 0.6) is 5.75 Å². The second-order valence-corrected chi connectivity index (χ2v) is 8.54. The highest BCUT2D eigenvalue weighted by Gasteiger charge is 2.19. The highest BCUT2D eigenvalue weighted by Crippen LogP contribution is 2.36. The van der Waals surface area contributed by atoms with Crippen LogP contribution < -0.4 is 15.8 Å². The lowest BCUT2D eigenvalue weighted by atomic mass is 10.1. The summed E-state index contributed by atoms with van der Waals surface area (Å²) in [5, 5.41) is 4.30. The molecule has 0 saturated heterocycles. The number of rotatable bonds is 4. The number of hydrogen-bond donors (Lipinski definition) is 2. The molecule has 2 heterocycles. The number of carbonyl (C=O) groups is 1. The van der Waals surface area contributed by atoms with E-state index in [4.69, 9.17) is 45.3 Å². The Hall–Kier alpha value is -2.51. The Kier molecular flexibility index (Phi) is 5.75. The highest BCUT2D eigenvalue weighted by atomic mass is 35.5. The summed E-state index contributed by atoms with van der Waals surface area (Å²) in [6.07, 6.45) is 0. The van der Waals surface area contributed by atoms with Crippen molar-refractivity contribution in [3.63, 3.8) is 0 Å². The number of thiophene rings is 1. The van der Waals surface area contributed by atoms with Gasteiger partial charge >= 0.3 is 0 Å². The summed E-state index contributed by atoms with van der Waals surface area (Å²) in [6, 6.07) is 14.3. The van der Waals surface area contributed by atoms with E-state index in [0.717, 1.165) is 17.0 Å². The predicted octanol–water partition coefficient (Wildman–Crippen LogP) is 6.77. The summed E-state index contributed by atoms with van der Waals surface area (Å²) in [7, 11) is 1.62. The summed E-state index contributed by atoms with van der Waals surface area (Å²) in [5.41, 5.74) is 8.63. The van der Waals surface area contributed by atoms with Crippen LogP contribution in [-0.4, -0.2) is 18.0 Å². The number of anilines is 2. The molecule has 4 rings (SSSR count). The molecule has 4 aromatic rings. The first kappa shape index (κ1) is 20.8.